The molecule has 7 heteroatoms. The Kier molecular flexibility index (Phi) is 4.47. The number of carbonyl (C=O) groups excluding carboxylic acids is 1. The molecule has 0 aliphatic carbocycles. The zero-order valence-electron chi connectivity index (χ0n) is 13.4. The summed E-state index contributed by atoms with van der Waals surface area (Å²) in [5.74, 6) is -1.47. The number of hydrogen-bond donors (Lipinski definition) is 1. The molecule has 2 rings (SSSR count). The van der Waals surface area contributed by atoms with Gasteiger partial charge in [-0.05, 0) is 45.0 Å². The molecule has 0 fully saturated rings. The van der Waals surface area contributed by atoms with Crippen molar-refractivity contribution >= 4 is 23.5 Å². The summed E-state index contributed by atoms with van der Waals surface area (Å²) >= 11 is 5.86. The van der Waals surface area contributed by atoms with E-state index in [9.17, 15) is 14.7 Å². The molecule has 0 unspecified atom stereocenters. The van der Waals surface area contributed by atoms with E-state index in [0.29, 0.717) is 16.3 Å². The molecule has 0 saturated carbocycles. The maximum Gasteiger partial charge on any atom is 0.329 e. The number of benzene rings is 1. The fourth-order valence-corrected chi connectivity index (χ4v) is 2.10. The molecule has 1 amide bonds. The van der Waals surface area contributed by atoms with E-state index < -0.39 is 17.4 Å². The molecule has 1 aromatic heterocycles. The van der Waals surface area contributed by atoms with Crippen molar-refractivity contribution in [3.63, 3.8) is 0 Å². The van der Waals surface area contributed by atoms with Gasteiger partial charge >= 0.3 is 5.97 Å². The first-order valence-corrected chi connectivity index (χ1v) is 7.36. The molecular weight excluding hydrogens is 318 g/mol. The lowest BCUT2D eigenvalue weighted by Crippen LogP contribution is -2.50. The Balaban J connectivity index is 2.36. The highest BCUT2D eigenvalue weighted by atomic mass is 35.5. The van der Waals surface area contributed by atoms with Crippen LogP contribution < -0.4 is 0 Å². The smallest absolute Gasteiger partial charge is 0.329 e. The van der Waals surface area contributed by atoms with Crippen molar-refractivity contribution in [2.45, 2.75) is 26.3 Å². The monoisotopic (exact) mass is 335 g/mol. The standard InChI is InChI=1S/C16H18ClN3O3/c1-10-13(14(21)19(4)16(2,3)15(22)23)9-20(18-10)12-7-5-11(17)6-8-12/h5-9H,1-4H3,(H,22,23). The summed E-state index contributed by atoms with van der Waals surface area (Å²) < 4.78 is 1.57. The molecule has 1 aromatic carbocycles. The summed E-state index contributed by atoms with van der Waals surface area (Å²) in [5, 5.41) is 14.2. The molecule has 122 valence electrons. The second-order valence-corrected chi connectivity index (χ2v) is 6.21. The van der Waals surface area contributed by atoms with Crippen LogP contribution >= 0.6 is 11.6 Å². The predicted octanol–water partition coefficient (Wildman–Crippen LogP) is 2.77. The van der Waals surface area contributed by atoms with Gasteiger partial charge in [-0.3, -0.25) is 4.79 Å². The van der Waals surface area contributed by atoms with Crippen LogP contribution in [0.25, 0.3) is 5.69 Å². The van der Waals surface area contributed by atoms with Crippen LogP contribution in [-0.4, -0.2) is 44.3 Å². The normalized spacial score (nSPS) is 11.3. The van der Waals surface area contributed by atoms with Crippen molar-refractivity contribution in [2.24, 2.45) is 0 Å². The number of aryl methyl sites for hydroxylation is 1. The van der Waals surface area contributed by atoms with Crippen molar-refractivity contribution < 1.29 is 14.7 Å². The minimum Gasteiger partial charge on any atom is -0.480 e. The third kappa shape index (κ3) is 3.22. The third-order valence-corrected chi connectivity index (χ3v) is 4.14. The average Bonchev–Trinajstić information content (AvgIpc) is 2.88. The number of carboxylic acid groups (broad SMARTS) is 1. The average molecular weight is 336 g/mol. The number of likely N-dealkylation sites (N-methyl/N-ethyl adjacent to an activating group) is 1. The van der Waals surface area contributed by atoms with Crippen LogP contribution in [0.2, 0.25) is 5.02 Å². The maximum atomic E-state index is 12.6. The van der Waals surface area contributed by atoms with Gasteiger partial charge in [-0.2, -0.15) is 5.10 Å². The van der Waals surface area contributed by atoms with Crippen LogP contribution in [0.1, 0.15) is 29.9 Å². The van der Waals surface area contributed by atoms with Crippen LogP contribution in [0, 0.1) is 6.92 Å². The predicted molar refractivity (Wildman–Crippen MR) is 87.1 cm³/mol. The Hall–Kier alpha value is -2.34. The second-order valence-electron chi connectivity index (χ2n) is 5.78. The van der Waals surface area contributed by atoms with Crippen LogP contribution in [0.5, 0.6) is 0 Å². The molecule has 1 heterocycles. The SMILES string of the molecule is Cc1nn(-c2ccc(Cl)cc2)cc1C(=O)N(C)C(C)(C)C(=O)O. The first-order valence-electron chi connectivity index (χ1n) is 6.98. The van der Waals surface area contributed by atoms with Gasteiger partial charge in [0.05, 0.1) is 16.9 Å². The number of rotatable bonds is 4. The van der Waals surface area contributed by atoms with E-state index in [1.807, 2.05) is 0 Å². The topological polar surface area (TPSA) is 75.4 Å². The minimum atomic E-state index is -1.31. The van der Waals surface area contributed by atoms with Crippen molar-refractivity contribution in [3.05, 3.63) is 46.7 Å². The van der Waals surface area contributed by atoms with Gasteiger partial charge in [0.25, 0.3) is 5.91 Å². The largest absolute Gasteiger partial charge is 0.480 e. The van der Waals surface area contributed by atoms with Crippen LogP contribution in [-0.2, 0) is 4.79 Å². The Morgan fingerprint density at radius 1 is 1.26 bits per heavy atom. The van der Waals surface area contributed by atoms with Gasteiger partial charge in [0.15, 0.2) is 0 Å². The van der Waals surface area contributed by atoms with E-state index in [4.69, 9.17) is 11.6 Å². The lowest BCUT2D eigenvalue weighted by molar-refractivity contribution is -0.147. The lowest BCUT2D eigenvalue weighted by atomic mass is 10.0. The highest BCUT2D eigenvalue weighted by Gasteiger charge is 2.36. The zero-order chi connectivity index (χ0) is 17.4. The summed E-state index contributed by atoms with van der Waals surface area (Å²) in [6.45, 7) is 4.67. The Morgan fingerprint density at radius 3 is 2.35 bits per heavy atom. The molecule has 6 nitrogen and oxygen atoms in total. The van der Waals surface area contributed by atoms with Gasteiger partial charge in [0.2, 0.25) is 0 Å². The van der Waals surface area contributed by atoms with E-state index in [2.05, 4.69) is 5.10 Å². The number of nitrogens with zero attached hydrogens (tertiary/aromatic N) is 3. The van der Waals surface area contributed by atoms with Gasteiger partial charge in [-0.25, -0.2) is 9.48 Å². The van der Waals surface area contributed by atoms with Crippen molar-refractivity contribution in [3.8, 4) is 5.69 Å². The Morgan fingerprint density at radius 2 is 1.83 bits per heavy atom. The van der Waals surface area contributed by atoms with E-state index in [1.54, 1.807) is 42.1 Å². The summed E-state index contributed by atoms with van der Waals surface area (Å²) in [7, 11) is 1.47. The summed E-state index contributed by atoms with van der Waals surface area (Å²) in [6.07, 6.45) is 1.59. The van der Waals surface area contributed by atoms with Gasteiger partial charge in [0, 0.05) is 18.3 Å². The van der Waals surface area contributed by atoms with E-state index >= 15 is 0 Å². The lowest BCUT2D eigenvalue weighted by Gasteiger charge is -2.31. The summed E-state index contributed by atoms with van der Waals surface area (Å²) in [6, 6.07) is 7.03. The first-order chi connectivity index (χ1) is 10.6. The molecule has 2 aromatic rings. The van der Waals surface area contributed by atoms with Crippen molar-refractivity contribution in [2.75, 3.05) is 7.05 Å². The highest BCUT2D eigenvalue weighted by molar-refractivity contribution is 6.30. The quantitative estimate of drug-likeness (QED) is 0.932. The molecule has 0 bridgehead atoms. The Labute approximate surface area is 139 Å². The molecule has 0 saturated heterocycles. The number of hydrogen-bond acceptors (Lipinski definition) is 3. The maximum absolute atomic E-state index is 12.6. The molecule has 0 aliphatic rings. The molecule has 23 heavy (non-hydrogen) atoms. The molecule has 1 N–H and O–H groups in total. The number of aromatic nitrogens is 2. The second kappa shape index (κ2) is 6.04. The summed E-state index contributed by atoms with van der Waals surface area (Å²) in [5.41, 5.74) is 0.331. The Bertz CT molecular complexity index is 750. The van der Waals surface area contributed by atoms with Gasteiger partial charge < -0.3 is 10.0 Å². The number of amides is 1. The van der Waals surface area contributed by atoms with Crippen molar-refractivity contribution in [1.82, 2.24) is 14.7 Å². The number of halogens is 1. The van der Waals surface area contributed by atoms with Crippen LogP contribution in [0.3, 0.4) is 0 Å². The molecule has 0 radical (unpaired) electrons. The van der Waals surface area contributed by atoms with E-state index in [-0.39, 0.29) is 0 Å². The van der Waals surface area contributed by atoms with Gasteiger partial charge in [0.1, 0.15) is 5.54 Å². The number of carboxylic acids is 1. The van der Waals surface area contributed by atoms with E-state index in [0.717, 1.165) is 5.69 Å². The number of carbonyl (C=O) groups is 2. The molecule has 0 spiro atoms. The van der Waals surface area contributed by atoms with Crippen LogP contribution in [0.15, 0.2) is 30.5 Å². The summed E-state index contributed by atoms with van der Waals surface area (Å²) in [4.78, 5) is 25.1. The third-order valence-electron chi connectivity index (χ3n) is 3.89. The fourth-order valence-electron chi connectivity index (χ4n) is 1.97. The first kappa shape index (κ1) is 17.0. The number of aliphatic carboxylic acids is 1. The van der Waals surface area contributed by atoms with Gasteiger partial charge in [-0.15, -0.1) is 0 Å². The molecular formula is C16H18ClN3O3. The fraction of sp³-hybridized carbons (Fsp3) is 0.312. The highest BCUT2D eigenvalue weighted by Crippen LogP contribution is 2.20. The van der Waals surface area contributed by atoms with Gasteiger partial charge in [-0.1, -0.05) is 11.6 Å². The van der Waals surface area contributed by atoms with Crippen LogP contribution in [0.4, 0.5) is 0 Å². The van der Waals surface area contributed by atoms with Crippen molar-refractivity contribution in [1.29, 1.82) is 0 Å². The zero-order valence-corrected chi connectivity index (χ0v) is 14.1. The molecule has 0 atom stereocenters. The minimum absolute atomic E-state index is 0.358. The molecule has 0 aliphatic heterocycles. The van der Waals surface area contributed by atoms with E-state index in [1.165, 1.54) is 25.8 Å².